The van der Waals surface area contributed by atoms with Crippen LogP contribution in [0.15, 0.2) is 30.5 Å². The molecule has 10 heteroatoms. The average Bonchev–Trinajstić information content (AvgIpc) is 2.90. The van der Waals surface area contributed by atoms with Crippen molar-refractivity contribution in [2.75, 3.05) is 5.32 Å². The predicted octanol–water partition coefficient (Wildman–Crippen LogP) is 2.34. The molecule has 0 bridgehead atoms. The molecule has 1 aromatic carbocycles. The summed E-state index contributed by atoms with van der Waals surface area (Å²) in [5.74, 6) is -1.15. The zero-order chi connectivity index (χ0) is 17.0. The topological polar surface area (TPSA) is 99.3 Å². The molecule has 122 valence electrons. The van der Waals surface area contributed by atoms with Crippen LogP contribution in [0.1, 0.15) is 5.56 Å². The number of rotatable bonds is 6. The molecule has 2 rings (SSSR count). The average molecular weight is 326 g/mol. The fourth-order valence-electron chi connectivity index (χ4n) is 1.80. The number of carbonyl (C=O) groups is 1. The van der Waals surface area contributed by atoms with Crippen LogP contribution in [0, 0.1) is 17.0 Å². The van der Waals surface area contributed by atoms with Gasteiger partial charge in [-0.25, -0.2) is 0 Å². The lowest BCUT2D eigenvalue weighted by Gasteiger charge is -2.12. The Morgan fingerprint density at radius 2 is 2.22 bits per heavy atom. The van der Waals surface area contributed by atoms with Gasteiger partial charge in [0.25, 0.3) is 0 Å². The molecule has 0 aliphatic rings. The molecule has 8 nitrogen and oxygen atoms in total. The highest BCUT2D eigenvalue weighted by atomic mass is 19.3. The van der Waals surface area contributed by atoms with Crippen molar-refractivity contribution >= 4 is 17.4 Å². The molecule has 1 heterocycles. The zero-order valence-corrected chi connectivity index (χ0v) is 11.9. The van der Waals surface area contributed by atoms with Gasteiger partial charge in [-0.05, 0) is 29.5 Å². The monoisotopic (exact) mass is 326 g/mol. The summed E-state index contributed by atoms with van der Waals surface area (Å²) in [6.07, 6.45) is 1.27. The first-order valence-corrected chi connectivity index (χ1v) is 6.38. The van der Waals surface area contributed by atoms with E-state index >= 15 is 0 Å². The molecule has 0 radical (unpaired) electrons. The van der Waals surface area contributed by atoms with Crippen molar-refractivity contribution in [2.24, 2.45) is 0 Å². The van der Waals surface area contributed by atoms with Gasteiger partial charge in [-0.15, -0.1) is 0 Å². The van der Waals surface area contributed by atoms with Gasteiger partial charge < -0.3 is 20.2 Å². The van der Waals surface area contributed by atoms with Crippen LogP contribution in [0.3, 0.4) is 0 Å². The number of hydrogen-bond acceptors (Lipinski definition) is 5. The van der Waals surface area contributed by atoms with Gasteiger partial charge in [0.1, 0.15) is 12.3 Å². The maximum atomic E-state index is 12.4. The SMILES string of the molecule is Cc1ccc(NC(=O)Cn2ccc([N+](=O)[O-])n2)c(OC(F)F)c1. The van der Waals surface area contributed by atoms with Crippen molar-refractivity contribution in [1.82, 2.24) is 9.78 Å². The molecule has 0 unspecified atom stereocenters. The molecule has 0 aliphatic carbocycles. The van der Waals surface area contributed by atoms with Crippen molar-refractivity contribution in [2.45, 2.75) is 20.1 Å². The predicted molar refractivity (Wildman–Crippen MR) is 75.3 cm³/mol. The first kappa shape index (κ1) is 16.3. The molecular weight excluding hydrogens is 314 g/mol. The van der Waals surface area contributed by atoms with Crippen LogP contribution >= 0.6 is 0 Å². The number of carbonyl (C=O) groups excluding carboxylic acids is 1. The van der Waals surface area contributed by atoms with Crippen LogP contribution in [0.4, 0.5) is 20.3 Å². The third-order valence-electron chi connectivity index (χ3n) is 2.75. The van der Waals surface area contributed by atoms with Crippen molar-refractivity contribution in [3.8, 4) is 5.75 Å². The van der Waals surface area contributed by atoms with E-state index < -0.39 is 23.3 Å². The zero-order valence-electron chi connectivity index (χ0n) is 11.9. The highest BCUT2D eigenvalue weighted by Gasteiger charge is 2.16. The van der Waals surface area contributed by atoms with E-state index in [1.54, 1.807) is 13.0 Å². The van der Waals surface area contributed by atoms with Crippen LogP contribution < -0.4 is 10.1 Å². The molecule has 0 saturated heterocycles. The van der Waals surface area contributed by atoms with E-state index in [1.807, 2.05) is 0 Å². The van der Waals surface area contributed by atoms with Gasteiger partial charge in [-0.3, -0.25) is 4.79 Å². The number of hydrogen-bond donors (Lipinski definition) is 1. The van der Waals surface area contributed by atoms with Crippen LogP contribution in [0.25, 0.3) is 0 Å². The highest BCUT2D eigenvalue weighted by molar-refractivity contribution is 5.92. The first-order valence-electron chi connectivity index (χ1n) is 6.38. The lowest BCUT2D eigenvalue weighted by atomic mass is 10.2. The molecule has 0 fully saturated rings. The minimum absolute atomic E-state index is 0.0718. The van der Waals surface area contributed by atoms with Crippen molar-refractivity contribution in [3.05, 3.63) is 46.1 Å². The van der Waals surface area contributed by atoms with Gasteiger partial charge in [0.2, 0.25) is 5.91 Å². The van der Waals surface area contributed by atoms with Crippen molar-refractivity contribution in [3.63, 3.8) is 0 Å². The van der Waals surface area contributed by atoms with Gasteiger partial charge in [-0.2, -0.15) is 13.5 Å². The Labute approximate surface area is 128 Å². The number of aryl methyl sites for hydroxylation is 1. The second-order valence-corrected chi connectivity index (χ2v) is 4.55. The van der Waals surface area contributed by atoms with Gasteiger partial charge in [0.15, 0.2) is 0 Å². The van der Waals surface area contributed by atoms with Gasteiger partial charge >= 0.3 is 12.4 Å². The molecular formula is C13H12F2N4O4. The van der Waals surface area contributed by atoms with E-state index in [9.17, 15) is 23.7 Å². The smallest absolute Gasteiger partial charge is 0.389 e. The standard InChI is InChI=1S/C13H12F2N4O4/c1-8-2-3-9(10(6-8)23-13(14)15)16-12(20)7-18-5-4-11(17-18)19(21)22/h2-6,13H,7H2,1H3,(H,16,20). The number of aromatic nitrogens is 2. The molecule has 0 aliphatic heterocycles. The van der Waals surface area contributed by atoms with E-state index in [2.05, 4.69) is 15.2 Å². The maximum absolute atomic E-state index is 12.4. The van der Waals surface area contributed by atoms with E-state index in [4.69, 9.17) is 0 Å². The van der Waals surface area contributed by atoms with Gasteiger partial charge in [-0.1, -0.05) is 6.07 Å². The first-order chi connectivity index (χ1) is 10.8. The minimum atomic E-state index is -3.03. The second-order valence-electron chi connectivity index (χ2n) is 4.55. The number of anilines is 1. The Morgan fingerprint density at radius 1 is 1.48 bits per heavy atom. The molecule has 0 spiro atoms. The number of nitrogens with zero attached hydrogens (tertiary/aromatic N) is 3. The molecule has 1 N–H and O–H groups in total. The molecule has 1 amide bonds. The fourth-order valence-corrected chi connectivity index (χ4v) is 1.80. The number of nitro groups is 1. The van der Waals surface area contributed by atoms with Crippen LogP contribution in [0.5, 0.6) is 5.75 Å². The Morgan fingerprint density at radius 3 is 2.83 bits per heavy atom. The van der Waals surface area contributed by atoms with Gasteiger partial charge in [0, 0.05) is 0 Å². The minimum Gasteiger partial charge on any atom is -0.433 e. The molecule has 23 heavy (non-hydrogen) atoms. The lowest BCUT2D eigenvalue weighted by Crippen LogP contribution is -2.20. The van der Waals surface area contributed by atoms with Crippen molar-refractivity contribution < 1.29 is 23.2 Å². The number of halogens is 2. The third kappa shape index (κ3) is 4.46. The summed E-state index contributed by atoms with van der Waals surface area (Å²) in [4.78, 5) is 21.7. The van der Waals surface area contributed by atoms with Crippen LogP contribution in [-0.2, 0) is 11.3 Å². The summed E-state index contributed by atoms with van der Waals surface area (Å²) in [6, 6.07) is 5.55. The number of benzene rings is 1. The normalized spacial score (nSPS) is 10.6. The number of amides is 1. The van der Waals surface area contributed by atoms with Crippen LogP contribution in [-0.4, -0.2) is 27.2 Å². The Kier molecular flexibility index (Phi) is 4.84. The summed E-state index contributed by atoms with van der Waals surface area (Å²) in [6.45, 7) is -1.65. The summed E-state index contributed by atoms with van der Waals surface area (Å²) < 4.78 is 30.2. The summed E-state index contributed by atoms with van der Waals surface area (Å²) in [5.41, 5.74) is 0.754. The number of ether oxygens (including phenoxy) is 1. The van der Waals surface area contributed by atoms with Crippen LogP contribution in [0.2, 0.25) is 0 Å². The summed E-state index contributed by atoms with van der Waals surface area (Å²) in [7, 11) is 0. The van der Waals surface area contributed by atoms with E-state index in [0.29, 0.717) is 5.56 Å². The Bertz CT molecular complexity index is 733. The number of alkyl halides is 2. The van der Waals surface area contributed by atoms with E-state index in [0.717, 1.165) is 10.7 Å². The van der Waals surface area contributed by atoms with Crippen molar-refractivity contribution in [1.29, 1.82) is 0 Å². The summed E-state index contributed by atoms with van der Waals surface area (Å²) in [5, 5.41) is 16.5. The van der Waals surface area contributed by atoms with E-state index in [1.165, 1.54) is 18.3 Å². The largest absolute Gasteiger partial charge is 0.433 e. The fraction of sp³-hybridized carbons (Fsp3) is 0.231. The molecule has 1 aromatic heterocycles. The summed E-state index contributed by atoms with van der Waals surface area (Å²) >= 11 is 0. The highest BCUT2D eigenvalue weighted by Crippen LogP contribution is 2.27. The molecule has 2 aromatic rings. The quantitative estimate of drug-likeness (QED) is 0.649. The Hall–Kier alpha value is -3.04. The van der Waals surface area contributed by atoms with Gasteiger partial charge in [0.05, 0.1) is 23.0 Å². The lowest BCUT2D eigenvalue weighted by molar-refractivity contribution is -0.389. The second kappa shape index (κ2) is 6.81. The Balaban J connectivity index is 2.08. The molecule has 0 atom stereocenters. The third-order valence-corrected chi connectivity index (χ3v) is 2.75. The number of nitrogens with one attached hydrogen (secondary N) is 1. The van der Waals surface area contributed by atoms with E-state index in [-0.39, 0.29) is 18.0 Å². The maximum Gasteiger partial charge on any atom is 0.389 e. The molecule has 0 saturated carbocycles.